The summed E-state index contributed by atoms with van der Waals surface area (Å²) in [5.74, 6) is 0. The molecule has 0 radical (unpaired) electrons. The maximum atomic E-state index is 4.94. The number of para-hydroxylation sites is 2. The van der Waals surface area contributed by atoms with Gasteiger partial charge in [0.1, 0.15) is 0 Å². The number of benzene rings is 2. The van der Waals surface area contributed by atoms with Gasteiger partial charge in [0, 0.05) is 26.4 Å². The van der Waals surface area contributed by atoms with Crippen molar-refractivity contribution in [2.24, 2.45) is 0 Å². The molecule has 0 aliphatic carbocycles. The van der Waals surface area contributed by atoms with Crippen LogP contribution >= 0.6 is 0 Å². The molecule has 4 rings (SSSR count). The Morgan fingerprint density at radius 1 is 0.613 bits per heavy atom. The third-order valence-corrected chi connectivity index (χ3v) is 7.57. The molecule has 2 aromatic rings. The van der Waals surface area contributed by atoms with E-state index in [-0.39, 0.29) is 9.41 Å². The molecule has 0 amide bonds. The van der Waals surface area contributed by atoms with Crippen molar-refractivity contribution in [1.82, 2.24) is 0 Å². The van der Waals surface area contributed by atoms with Gasteiger partial charge in [-0.05, 0) is 25.7 Å². The number of anilines is 2. The smallest absolute Gasteiger partial charge is 1.00 e. The molecule has 0 atom stereocenters. The number of rotatable bonds is 4. The zero-order chi connectivity index (χ0) is 20.9. The normalized spacial score (nSPS) is 13.8. The zero-order valence-electron chi connectivity index (χ0n) is 19.2. The second-order valence-corrected chi connectivity index (χ2v) is 11.2. The van der Waals surface area contributed by atoms with Gasteiger partial charge < -0.3 is 18.9 Å². The Labute approximate surface area is 199 Å². The van der Waals surface area contributed by atoms with Crippen LogP contribution in [0.1, 0.15) is 36.8 Å². The zero-order valence-corrected chi connectivity index (χ0v) is 21.7. The van der Waals surface area contributed by atoms with Crippen molar-refractivity contribution in [3.05, 3.63) is 59.7 Å². The van der Waals surface area contributed by atoms with Crippen molar-refractivity contribution in [2.75, 3.05) is 46.2 Å². The van der Waals surface area contributed by atoms with Crippen molar-refractivity contribution in [2.45, 2.75) is 39.5 Å². The maximum absolute atomic E-state index is 4.94. The third kappa shape index (κ3) is 11.2. The van der Waals surface area contributed by atoms with Crippen LogP contribution in [0, 0.1) is 13.8 Å². The summed E-state index contributed by atoms with van der Waals surface area (Å²) in [7, 11) is 4.42. The molecule has 2 saturated heterocycles. The van der Waals surface area contributed by atoms with Gasteiger partial charge in [-0.1, -0.05) is 0 Å². The number of nitrogens with zero attached hydrogens (tertiary/aromatic N) is 2. The summed E-state index contributed by atoms with van der Waals surface area (Å²) in [6.45, 7) is 8.36. The molecular weight excluding hydrogens is 477 g/mol. The fourth-order valence-corrected chi connectivity index (χ4v) is 6.10. The molecule has 0 bridgehead atoms. The van der Waals surface area contributed by atoms with Crippen molar-refractivity contribution >= 4 is 11.4 Å². The number of ether oxygens (including phenoxy) is 2. The molecule has 4 nitrogen and oxygen atoms in total. The van der Waals surface area contributed by atoms with Crippen LogP contribution in [0.5, 0.6) is 0 Å². The van der Waals surface area contributed by atoms with Crippen LogP contribution in [-0.4, -0.2) is 40.5 Å². The first-order valence-electron chi connectivity index (χ1n) is 10.6. The van der Waals surface area contributed by atoms with E-state index in [0.29, 0.717) is 0 Å². The van der Waals surface area contributed by atoms with E-state index in [0.717, 1.165) is 26.4 Å². The average Bonchev–Trinajstić information content (AvgIpc) is 3.47. The van der Waals surface area contributed by atoms with Crippen LogP contribution in [0.4, 0.5) is 11.4 Å². The summed E-state index contributed by atoms with van der Waals surface area (Å²) in [5, 5.41) is 0. The van der Waals surface area contributed by atoms with Crippen LogP contribution in [0.15, 0.2) is 48.5 Å². The first kappa shape index (κ1) is 29.7. The van der Waals surface area contributed by atoms with Gasteiger partial charge in [0.2, 0.25) is 0 Å². The molecule has 172 valence electrons. The minimum absolute atomic E-state index is 0. The summed E-state index contributed by atoms with van der Waals surface area (Å²) < 4.78 is 14.8. The van der Waals surface area contributed by atoms with Gasteiger partial charge >= 0.3 is 128 Å². The fourth-order valence-electron chi connectivity index (χ4n) is 3.23. The largest absolute Gasteiger partial charge is 1.00 e. The fraction of sp³-hybridized carbons (Fsp3) is 0.500. The summed E-state index contributed by atoms with van der Waals surface area (Å²) in [6, 6.07) is 17.2. The molecule has 31 heavy (non-hydrogen) atoms. The van der Waals surface area contributed by atoms with Gasteiger partial charge in [0.25, 0.3) is 0 Å². The topological polar surface area (TPSA) is 24.9 Å². The number of aryl methyl sites for hydroxylation is 2. The molecule has 2 fully saturated rings. The van der Waals surface area contributed by atoms with E-state index in [1.807, 2.05) is 0 Å². The van der Waals surface area contributed by atoms with Crippen LogP contribution in [0.25, 0.3) is 0 Å². The molecule has 7 heteroatoms. The Bertz CT molecular complexity index is 639. The van der Waals surface area contributed by atoms with Crippen LogP contribution in [0.3, 0.4) is 0 Å². The summed E-state index contributed by atoms with van der Waals surface area (Å²) >= 11 is -0.822. The second kappa shape index (κ2) is 17.3. The Morgan fingerprint density at radius 3 is 1.19 bits per heavy atom. The van der Waals surface area contributed by atoms with Crippen molar-refractivity contribution in [1.29, 1.82) is 0 Å². The van der Waals surface area contributed by atoms with Gasteiger partial charge in [0.15, 0.2) is 0 Å². The van der Waals surface area contributed by atoms with Crippen LogP contribution in [-0.2, 0) is 33.3 Å². The second-order valence-electron chi connectivity index (χ2n) is 7.43. The molecular formula is C24H36F2N2O2Zr. The Morgan fingerprint density at radius 2 is 0.935 bits per heavy atom. The average molecular weight is 514 g/mol. The van der Waals surface area contributed by atoms with E-state index in [2.05, 4.69) is 82.2 Å². The SMILES string of the molecule is C1CCOC1.C1CCOC1.Cc1ccccc1[N](C)[Zr+2][N](C)c1ccccc1C.[F-].[F-]. The van der Waals surface area contributed by atoms with E-state index in [1.165, 1.54) is 48.2 Å². The Hall–Kier alpha value is -1.30. The maximum Gasteiger partial charge on any atom is -1.00 e. The van der Waals surface area contributed by atoms with E-state index in [9.17, 15) is 0 Å². The third-order valence-electron chi connectivity index (χ3n) is 4.91. The van der Waals surface area contributed by atoms with E-state index < -0.39 is 23.8 Å². The van der Waals surface area contributed by atoms with Crippen molar-refractivity contribution < 1.29 is 42.7 Å². The predicted molar refractivity (Wildman–Crippen MR) is 119 cm³/mol. The summed E-state index contributed by atoms with van der Waals surface area (Å²) in [6.07, 6.45) is 5.11. The first-order valence-corrected chi connectivity index (χ1v) is 12.8. The van der Waals surface area contributed by atoms with Gasteiger partial charge in [0.05, 0.1) is 0 Å². The van der Waals surface area contributed by atoms with E-state index in [1.54, 1.807) is 0 Å². The molecule has 0 N–H and O–H groups in total. The number of hydrogen-bond acceptors (Lipinski definition) is 4. The van der Waals surface area contributed by atoms with Crippen LogP contribution in [0.2, 0.25) is 0 Å². The molecule has 2 aliphatic heterocycles. The van der Waals surface area contributed by atoms with Crippen LogP contribution < -0.4 is 15.1 Å². The molecule has 2 aliphatic rings. The summed E-state index contributed by atoms with van der Waals surface area (Å²) in [5.41, 5.74) is 5.41. The van der Waals surface area contributed by atoms with E-state index >= 15 is 0 Å². The molecule has 0 unspecified atom stereocenters. The molecule has 0 aromatic heterocycles. The van der Waals surface area contributed by atoms with Crippen molar-refractivity contribution in [3.8, 4) is 0 Å². The molecule has 0 spiro atoms. The minimum Gasteiger partial charge on any atom is -1.00 e. The van der Waals surface area contributed by atoms with Gasteiger partial charge in [-0.25, -0.2) is 0 Å². The molecule has 2 heterocycles. The Balaban J connectivity index is 0.000000615. The predicted octanol–water partition coefficient (Wildman–Crippen LogP) is -0.610. The Kier molecular flexibility index (Phi) is 16.6. The number of hydrogen-bond donors (Lipinski definition) is 0. The van der Waals surface area contributed by atoms with Crippen molar-refractivity contribution in [3.63, 3.8) is 0 Å². The van der Waals surface area contributed by atoms with Gasteiger partial charge in [-0.15, -0.1) is 0 Å². The van der Waals surface area contributed by atoms with Gasteiger partial charge in [-0.3, -0.25) is 0 Å². The minimum atomic E-state index is -0.822. The number of halogens is 2. The van der Waals surface area contributed by atoms with Gasteiger partial charge in [-0.2, -0.15) is 0 Å². The summed E-state index contributed by atoms with van der Waals surface area (Å²) in [4.78, 5) is 0. The molecule has 2 aromatic carbocycles. The first-order chi connectivity index (χ1) is 14.1. The molecule has 0 saturated carbocycles. The standard InChI is InChI=1S/2C8H10N.2C4H8O.2FH.Zr/c2*1-7-5-3-4-6-8(7)9-2;2*1-2-4-5-3-1;;;/h2*3-6H,1-2H3;2*1-4H2;2*1H;/q2*-1;;;;;+4/p-2. The monoisotopic (exact) mass is 512 g/mol. The quantitative estimate of drug-likeness (QED) is 0.545. The van der Waals surface area contributed by atoms with E-state index in [4.69, 9.17) is 9.47 Å².